The molecule has 0 bridgehead atoms. The molecule has 0 aromatic heterocycles. The van der Waals surface area contributed by atoms with Crippen molar-refractivity contribution in [2.24, 2.45) is 5.92 Å². The molecule has 36 heavy (non-hydrogen) atoms. The number of carbonyl (C=O) groups is 1. The average molecular weight is 509 g/mol. The van der Waals surface area contributed by atoms with Gasteiger partial charge < -0.3 is 19.3 Å². The molecule has 8 heteroatoms. The van der Waals surface area contributed by atoms with Crippen LogP contribution in [-0.2, 0) is 17.4 Å². The second-order valence-electron chi connectivity index (χ2n) is 9.98. The normalized spacial score (nSPS) is 15.8. The molecule has 2 aromatic carbocycles. The van der Waals surface area contributed by atoms with Gasteiger partial charge in [-0.15, -0.1) is 0 Å². The van der Waals surface area contributed by atoms with E-state index in [4.69, 9.17) is 19.3 Å². The highest BCUT2D eigenvalue weighted by molar-refractivity contribution is 5.76. The summed E-state index contributed by atoms with van der Waals surface area (Å²) in [6, 6.07) is 10.4. The third kappa shape index (κ3) is 8.07. The van der Waals surface area contributed by atoms with Gasteiger partial charge in [-0.1, -0.05) is 32.1 Å². The molecular formula is C28H35F3O5. The highest BCUT2D eigenvalue weighted by Gasteiger charge is 2.32. The predicted molar refractivity (Wildman–Crippen MR) is 131 cm³/mol. The molecule has 2 aromatic rings. The minimum atomic E-state index is -4.39. The number of alkyl halides is 3. The third-order valence-corrected chi connectivity index (χ3v) is 6.45. The Hall–Kier alpha value is -2.90. The molecule has 0 radical (unpaired) electrons. The largest absolute Gasteiger partial charge is 0.493 e. The standard InChI is InChI=1S/C28H35F3O5/c1-19(15-16-34-23-10-12-24(13-11-23)36-27(2,3)26(32)33)35-25-14-9-22(28(29,30)31)18-21(25)17-20-7-5-4-6-8-20/h9-14,18-20H,4-8,15-17H2,1-3H3,(H,32,33)/t19-/m1/s1. The van der Waals surface area contributed by atoms with Gasteiger partial charge in [-0.05, 0) is 81.1 Å². The highest BCUT2D eigenvalue weighted by Crippen LogP contribution is 2.36. The summed E-state index contributed by atoms with van der Waals surface area (Å²) in [6.07, 6.45) is 2.00. The Morgan fingerprint density at radius 1 is 1.03 bits per heavy atom. The first-order valence-electron chi connectivity index (χ1n) is 12.5. The van der Waals surface area contributed by atoms with Crippen LogP contribution in [0.1, 0.15) is 70.4 Å². The Bertz CT molecular complexity index is 995. The molecule has 1 N–H and O–H groups in total. The fraction of sp³-hybridized carbons (Fsp3) is 0.536. The molecule has 198 valence electrons. The number of aliphatic carboxylic acids is 1. The van der Waals surface area contributed by atoms with Crippen molar-refractivity contribution in [1.29, 1.82) is 0 Å². The number of benzene rings is 2. The summed E-state index contributed by atoms with van der Waals surface area (Å²) in [5, 5.41) is 9.17. The van der Waals surface area contributed by atoms with E-state index in [1.165, 1.54) is 32.4 Å². The van der Waals surface area contributed by atoms with Gasteiger partial charge in [0.05, 0.1) is 18.3 Å². The molecule has 1 saturated carbocycles. The Balaban J connectivity index is 1.56. The number of halogens is 3. The van der Waals surface area contributed by atoms with Gasteiger partial charge >= 0.3 is 12.1 Å². The summed E-state index contributed by atoms with van der Waals surface area (Å²) in [7, 11) is 0. The monoisotopic (exact) mass is 508 g/mol. The van der Waals surface area contributed by atoms with Crippen LogP contribution in [-0.4, -0.2) is 29.4 Å². The number of hydrogen-bond donors (Lipinski definition) is 1. The molecule has 0 unspecified atom stereocenters. The van der Waals surface area contributed by atoms with E-state index in [2.05, 4.69) is 0 Å². The number of ether oxygens (including phenoxy) is 3. The molecule has 1 atom stereocenters. The first-order chi connectivity index (χ1) is 16.9. The van der Waals surface area contributed by atoms with Gasteiger partial charge in [0.2, 0.25) is 0 Å². The molecule has 1 aliphatic carbocycles. The van der Waals surface area contributed by atoms with Gasteiger partial charge in [0.15, 0.2) is 5.60 Å². The SMILES string of the molecule is C[C@H](CCOc1ccc(OC(C)(C)C(=O)O)cc1)Oc1ccc(C(F)(F)F)cc1CC1CCCCC1. The second-order valence-corrected chi connectivity index (χ2v) is 9.98. The van der Waals surface area contributed by atoms with Gasteiger partial charge in [-0.3, -0.25) is 0 Å². The maximum absolute atomic E-state index is 13.3. The van der Waals surface area contributed by atoms with E-state index in [1.54, 1.807) is 24.3 Å². The van der Waals surface area contributed by atoms with Crippen molar-refractivity contribution in [3.05, 3.63) is 53.6 Å². The molecule has 1 fully saturated rings. The fourth-order valence-electron chi connectivity index (χ4n) is 4.29. The van der Waals surface area contributed by atoms with Crippen LogP contribution in [0.2, 0.25) is 0 Å². The third-order valence-electron chi connectivity index (χ3n) is 6.45. The Morgan fingerprint density at radius 2 is 1.67 bits per heavy atom. The summed E-state index contributed by atoms with van der Waals surface area (Å²) >= 11 is 0. The number of carboxylic acid groups (broad SMARTS) is 1. The van der Waals surface area contributed by atoms with Gasteiger partial charge in [0.1, 0.15) is 17.2 Å². The summed E-state index contributed by atoms with van der Waals surface area (Å²) in [5.74, 6) is 0.834. The molecule has 3 rings (SSSR count). The van der Waals surface area contributed by atoms with E-state index in [0.717, 1.165) is 31.7 Å². The van der Waals surface area contributed by atoms with E-state index in [1.807, 2.05) is 6.92 Å². The van der Waals surface area contributed by atoms with Gasteiger partial charge in [-0.2, -0.15) is 13.2 Å². The van der Waals surface area contributed by atoms with Crippen molar-refractivity contribution < 1.29 is 37.3 Å². The van der Waals surface area contributed by atoms with Gasteiger partial charge in [0.25, 0.3) is 0 Å². The molecular weight excluding hydrogens is 473 g/mol. The van der Waals surface area contributed by atoms with Crippen LogP contribution in [0.4, 0.5) is 13.2 Å². The van der Waals surface area contributed by atoms with E-state index in [9.17, 15) is 18.0 Å². The summed E-state index contributed by atoms with van der Waals surface area (Å²) in [4.78, 5) is 11.2. The quantitative estimate of drug-likeness (QED) is 0.345. The lowest BCUT2D eigenvalue weighted by Crippen LogP contribution is -2.37. The number of rotatable bonds is 11. The minimum absolute atomic E-state index is 0.259. The summed E-state index contributed by atoms with van der Waals surface area (Å²) < 4.78 is 57.3. The van der Waals surface area contributed by atoms with Crippen molar-refractivity contribution >= 4 is 5.97 Å². The Morgan fingerprint density at radius 3 is 2.28 bits per heavy atom. The zero-order valence-electron chi connectivity index (χ0n) is 21.1. The van der Waals surface area contributed by atoms with E-state index >= 15 is 0 Å². The first kappa shape index (κ1) is 27.7. The molecule has 0 heterocycles. The van der Waals surface area contributed by atoms with Crippen LogP contribution in [0, 0.1) is 5.92 Å². The summed E-state index contributed by atoms with van der Waals surface area (Å²) in [5.41, 5.74) is -1.37. The molecule has 0 spiro atoms. The molecule has 1 aliphatic rings. The topological polar surface area (TPSA) is 65.0 Å². The van der Waals surface area contributed by atoms with Crippen LogP contribution in [0.15, 0.2) is 42.5 Å². The molecule has 0 saturated heterocycles. The Kier molecular flexibility index (Phi) is 9.14. The smallest absolute Gasteiger partial charge is 0.416 e. The summed E-state index contributed by atoms with van der Waals surface area (Å²) in [6.45, 7) is 5.16. The fourth-order valence-corrected chi connectivity index (χ4v) is 4.29. The minimum Gasteiger partial charge on any atom is -0.493 e. The molecule has 0 amide bonds. The van der Waals surface area contributed by atoms with Crippen molar-refractivity contribution in [1.82, 2.24) is 0 Å². The first-order valence-corrected chi connectivity index (χ1v) is 12.5. The van der Waals surface area contributed by atoms with E-state index in [-0.39, 0.29) is 6.10 Å². The second kappa shape index (κ2) is 11.9. The lowest BCUT2D eigenvalue weighted by molar-refractivity contribution is -0.152. The lowest BCUT2D eigenvalue weighted by atomic mass is 9.84. The van der Waals surface area contributed by atoms with Crippen molar-refractivity contribution in [2.45, 2.75) is 83.6 Å². The van der Waals surface area contributed by atoms with Crippen LogP contribution in [0.25, 0.3) is 0 Å². The number of hydrogen-bond acceptors (Lipinski definition) is 4. The average Bonchev–Trinajstić information content (AvgIpc) is 2.81. The molecule has 0 aliphatic heterocycles. The zero-order valence-corrected chi connectivity index (χ0v) is 21.1. The lowest BCUT2D eigenvalue weighted by Gasteiger charge is -2.24. The number of carboxylic acids is 1. The van der Waals surface area contributed by atoms with Crippen molar-refractivity contribution in [3.63, 3.8) is 0 Å². The van der Waals surface area contributed by atoms with Crippen LogP contribution in [0.5, 0.6) is 17.2 Å². The maximum Gasteiger partial charge on any atom is 0.416 e. The van der Waals surface area contributed by atoms with Gasteiger partial charge in [-0.25, -0.2) is 4.79 Å². The Labute approximate surface area is 210 Å². The van der Waals surface area contributed by atoms with Crippen molar-refractivity contribution in [2.75, 3.05) is 6.61 Å². The van der Waals surface area contributed by atoms with Gasteiger partial charge in [0, 0.05) is 6.42 Å². The van der Waals surface area contributed by atoms with Crippen LogP contribution >= 0.6 is 0 Å². The zero-order chi connectivity index (χ0) is 26.3. The van der Waals surface area contributed by atoms with Crippen LogP contribution < -0.4 is 14.2 Å². The van der Waals surface area contributed by atoms with Crippen molar-refractivity contribution in [3.8, 4) is 17.2 Å². The highest BCUT2D eigenvalue weighted by atomic mass is 19.4. The van der Waals surface area contributed by atoms with E-state index in [0.29, 0.717) is 48.2 Å². The van der Waals surface area contributed by atoms with E-state index < -0.39 is 23.3 Å². The predicted octanol–water partition coefficient (Wildman–Crippen LogP) is 7.31. The molecule has 5 nitrogen and oxygen atoms in total. The maximum atomic E-state index is 13.3. The van der Waals surface area contributed by atoms with Crippen LogP contribution in [0.3, 0.4) is 0 Å².